The van der Waals surface area contributed by atoms with Crippen molar-refractivity contribution in [2.24, 2.45) is 5.73 Å². The number of carbonyl (C=O) groups excluding carboxylic acids is 2. The van der Waals surface area contributed by atoms with Gasteiger partial charge in [0.05, 0.1) is 5.56 Å². The van der Waals surface area contributed by atoms with E-state index in [9.17, 15) is 14.4 Å². The van der Waals surface area contributed by atoms with Gasteiger partial charge in [-0.05, 0) is 12.1 Å². The molecule has 0 aliphatic heterocycles. The van der Waals surface area contributed by atoms with Gasteiger partial charge in [0.1, 0.15) is 5.75 Å². The highest BCUT2D eigenvalue weighted by Crippen LogP contribution is 2.16. The van der Waals surface area contributed by atoms with Gasteiger partial charge in [0.25, 0.3) is 11.8 Å². The number of rotatable bonds is 7. The first-order valence-electron chi connectivity index (χ1n) is 5.14. The van der Waals surface area contributed by atoms with Gasteiger partial charge in [-0.15, -0.1) is 0 Å². The van der Waals surface area contributed by atoms with Gasteiger partial charge in [-0.3, -0.25) is 14.4 Å². The standard InChI is InChI=1S/C11H12N2O6/c12-11(17)7-3-1-2-4-8(7)18-5-9(14)13-19-6-10(15)16/h1-4H,5-6H2,(H2,12,17)(H,13,14)(H,15,16). The number of hydrogen-bond acceptors (Lipinski definition) is 5. The highest BCUT2D eigenvalue weighted by Gasteiger charge is 2.10. The molecule has 0 fully saturated rings. The predicted octanol–water partition coefficient (Wildman–Crippen LogP) is -0.703. The van der Waals surface area contributed by atoms with E-state index in [1.54, 1.807) is 12.1 Å². The van der Waals surface area contributed by atoms with Gasteiger partial charge < -0.3 is 15.6 Å². The van der Waals surface area contributed by atoms with Crippen molar-refractivity contribution in [3.05, 3.63) is 29.8 Å². The SMILES string of the molecule is NC(=O)c1ccccc1OCC(=O)NOCC(=O)O. The third-order valence-corrected chi connectivity index (χ3v) is 1.89. The molecule has 1 rings (SSSR count). The highest BCUT2D eigenvalue weighted by atomic mass is 16.7. The number of nitrogens with two attached hydrogens (primary N) is 1. The van der Waals surface area contributed by atoms with Crippen molar-refractivity contribution in [2.45, 2.75) is 0 Å². The Morgan fingerprint density at radius 2 is 1.89 bits per heavy atom. The summed E-state index contributed by atoms with van der Waals surface area (Å²) in [5.41, 5.74) is 7.14. The lowest BCUT2D eigenvalue weighted by Crippen LogP contribution is -2.31. The van der Waals surface area contributed by atoms with Crippen LogP contribution in [0.2, 0.25) is 0 Å². The Morgan fingerprint density at radius 3 is 2.53 bits per heavy atom. The van der Waals surface area contributed by atoms with E-state index in [-0.39, 0.29) is 11.3 Å². The molecular formula is C11H12N2O6. The normalized spacial score (nSPS) is 9.68. The summed E-state index contributed by atoms with van der Waals surface area (Å²) in [7, 11) is 0. The number of benzene rings is 1. The topological polar surface area (TPSA) is 128 Å². The molecule has 8 heteroatoms. The quantitative estimate of drug-likeness (QED) is 0.561. The predicted molar refractivity (Wildman–Crippen MR) is 62.2 cm³/mol. The molecule has 0 bridgehead atoms. The molecule has 0 saturated heterocycles. The second kappa shape index (κ2) is 6.97. The average molecular weight is 268 g/mol. The van der Waals surface area contributed by atoms with E-state index in [0.29, 0.717) is 0 Å². The second-order valence-electron chi connectivity index (χ2n) is 3.36. The minimum atomic E-state index is -1.22. The fraction of sp³-hybridized carbons (Fsp3) is 0.182. The molecule has 0 heterocycles. The van der Waals surface area contributed by atoms with Gasteiger partial charge in [0, 0.05) is 0 Å². The summed E-state index contributed by atoms with van der Waals surface area (Å²) in [5, 5.41) is 8.27. The van der Waals surface area contributed by atoms with Crippen LogP contribution in [0.25, 0.3) is 0 Å². The second-order valence-corrected chi connectivity index (χ2v) is 3.36. The van der Waals surface area contributed by atoms with Crippen molar-refractivity contribution in [1.82, 2.24) is 5.48 Å². The van der Waals surface area contributed by atoms with Crippen LogP contribution < -0.4 is 16.0 Å². The molecule has 4 N–H and O–H groups in total. The van der Waals surface area contributed by atoms with Crippen molar-refractivity contribution < 1.29 is 29.1 Å². The highest BCUT2D eigenvalue weighted by molar-refractivity contribution is 5.95. The molecule has 0 aliphatic carbocycles. The van der Waals surface area contributed by atoms with Crippen LogP contribution in [0.5, 0.6) is 5.75 Å². The van der Waals surface area contributed by atoms with Crippen LogP contribution in [0.15, 0.2) is 24.3 Å². The van der Waals surface area contributed by atoms with Gasteiger partial charge >= 0.3 is 5.97 Å². The van der Waals surface area contributed by atoms with Crippen molar-refractivity contribution in [1.29, 1.82) is 0 Å². The molecule has 19 heavy (non-hydrogen) atoms. The summed E-state index contributed by atoms with van der Waals surface area (Å²) in [6.45, 7) is -1.10. The number of nitrogens with one attached hydrogen (secondary N) is 1. The first-order chi connectivity index (χ1) is 9.00. The fourth-order valence-corrected chi connectivity index (χ4v) is 1.15. The number of ether oxygens (including phenoxy) is 1. The van der Waals surface area contributed by atoms with Gasteiger partial charge in [-0.2, -0.15) is 0 Å². The average Bonchev–Trinajstić information content (AvgIpc) is 2.36. The molecule has 0 atom stereocenters. The maximum absolute atomic E-state index is 11.2. The number of hydrogen-bond donors (Lipinski definition) is 3. The largest absolute Gasteiger partial charge is 0.483 e. The fourth-order valence-electron chi connectivity index (χ4n) is 1.15. The monoisotopic (exact) mass is 268 g/mol. The summed E-state index contributed by atoms with van der Waals surface area (Å²) in [4.78, 5) is 36.7. The molecule has 0 saturated carbocycles. The van der Waals surface area contributed by atoms with E-state index in [0.717, 1.165) is 0 Å². The lowest BCUT2D eigenvalue weighted by Gasteiger charge is -2.09. The lowest BCUT2D eigenvalue weighted by atomic mass is 10.2. The smallest absolute Gasteiger partial charge is 0.332 e. The van der Waals surface area contributed by atoms with Crippen molar-refractivity contribution >= 4 is 17.8 Å². The molecule has 102 valence electrons. The van der Waals surface area contributed by atoms with Crippen LogP contribution in [0.3, 0.4) is 0 Å². The van der Waals surface area contributed by atoms with E-state index in [1.165, 1.54) is 12.1 Å². The summed E-state index contributed by atoms with van der Waals surface area (Å²) in [5.74, 6) is -2.44. The lowest BCUT2D eigenvalue weighted by molar-refractivity contribution is -0.149. The molecule has 0 radical (unpaired) electrons. The summed E-state index contributed by atoms with van der Waals surface area (Å²) in [6.07, 6.45) is 0. The molecule has 0 aliphatic rings. The zero-order valence-corrected chi connectivity index (χ0v) is 9.79. The van der Waals surface area contributed by atoms with Gasteiger partial charge in [0.2, 0.25) is 0 Å². The number of amides is 2. The van der Waals surface area contributed by atoms with Crippen LogP contribution in [0.4, 0.5) is 0 Å². The Morgan fingerprint density at radius 1 is 1.21 bits per heavy atom. The van der Waals surface area contributed by atoms with Crippen LogP contribution in [0, 0.1) is 0 Å². The number of aliphatic carboxylic acids is 1. The first kappa shape index (κ1) is 14.5. The first-order valence-corrected chi connectivity index (χ1v) is 5.14. The third kappa shape index (κ3) is 5.04. The molecular weight excluding hydrogens is 256 g/mol. The molecule has 8 nitrogen and oxygen atoms in total. The Hall–Kier alpha value is -2.61. The van der Waals surface area contributed by atoms with E-state index < -0.39 is 31.0 Å². The van der Waals surface area contributed by atoms with E-state index in [1.807, 2.05) is 5.48 Å². The number of carbonyl (C=O) groups is 3. The minimum Gasteiger partial charge on any atom is -0.483 e. The van der Waals surface area contributed by atoms with Crippen LogP contribution in [-0.4, -0.2) is 36.1 Å². The van der Waals surface area contributed by atoms with Crippen LogP contribution in [-0.2, 0) is 14.4 Å². The third-order valence-electron chi connectivity index (χ3n) is 1.89. The van der Waals surface area contributed by atoms with E-state index in [2.05, 4.69) is 4.84 Å². The summed E-state index contributed by atoms with van der Waals surface area (Å²) in [6, 6.07) is 6.14. The van der Waals surface area contributed by atoms with Crippen molar-refractivity contribution in [3.8, 4) is 5.75 Å². The van der Waals surface area contributed by atoms with E-state index >= 15 is 0 Å². The van der Waals surface area contributed by atoms with Crippen LogP contribution >= 0.6 is 0 Å². The Bertz CT molecular complexity index is 488. The molecule has 2 amide bonds. The Labute approximate surface area is 108 Å². The Balaban J connectivity index is 2.46. The molecule has 1 aromatic rings. The van der Waals surface area contributed by atoms with Gasteiger partial charge in [-0.25, -0.2) is 10.3 Å². The number of carboxylic acids is 1. The van der Waals surface area contributed by atoms with E-state index in [4.69, 9.17) is 15.6 Å². The minimum absolute atomic E-state index is 0.141. The summed E-state index contributed by atoms with van der Waals surface area (Å²) < 4.78 is 5.08. The van der Waals surface area contributed by atoms with Crippen LogP contribution in [0.1, 0.15) is 10.4 Å². The summed E-state index contributed by atoms with van der Waals surface area (Å²) >= 11 is 0. The maximum atomic E-state index is 11.2. The molecule has 0 spiro atoms. The van der Waals surface area contributed by atoms with Crippen molar-refractivity contribution in [3.63, 3.8) is 0 Å². The van der Waals surface area contributed by atoms with Gasteiger partial charge in [0.15, 0.2) is 13.2 Å². The number of hydroxylamine groups is 1. The Kier molecular flexibility index (Phi) is 5.30. The number of primary amides is 1. The van der Waals surface area contributed by atoms with Crippen molar-refractivity contribution in [2.75, 3.05) is 13.2 Å². The zero-order valence-electron chi connectivity index (χ0n) is 9.79. The number of para-hydroxylation sites is 1. The number of carboxylic acid groups (broad SMARTS) is 1. The zero-order chi connectivity index (χ0) is 14.3. The maximum Gasteiger partial charge on any atom is 0.332 e. The molecule has 1 aromatic carbocycles. The molecule has 0 unspecified atom stereocenters. The van der Waals surface area contributed by atoms with Gasteiger partial charge in [-0.1, -0.05) is 12.1 Å². The molecule has 0 aromatic heterocycles.